The second kappa shape index (κ2) is 14.5. The van der Waals surface area contributed by atoms with Crippen LogP contribution < -0.4 is 112 Å². The molecular weight excluding hydrogens is 464 g/mol. The average Bonchev–Trinajstić information content (AvgIpc) is 2.55. The number of halogens is 1. The normalized spacial score (nSPS) is 13.0. The van der Waals surface area contributed by atoms with Gasteiger partial charge < -0.3 is 23.3 Å². The maximum absolute atomic E-state index is 13.6. The Morgan fingerprint density at radius 1 is 1.11 bits per heavy atom. The molecule has 0 saturated carbocycles. The second-order valence-electron chi connectivity index (χ2n) is 5.36. The summed E-state index contributed by atoms with van der Waals surface area (Å²) in [5.41, 5.74) is -1.18. The summed E-state index contributed by atoms with van der Waals surface area (Å²) in [6.07, 6.45) is 0.289. The van der Waals surface area contributed by atoms with Crippen molar-refractivity contribution in [3.63, 3.8) is 0 Å². The molecule has 2 rings (SSSR count). The molecule has 2 atom stereocenters. The van der Waals surface area contributed by atoms with E-state index in [0.29, 0.717) is 12.2 Å². The van der Waals surface area contributed by atoms with Gasteiger partial charge in [-0.05, 0) is 49.1 Å². The molecule has 2 aromatic rings. The van der Waals surface area contributed by atoms with E-state index in [4.69, 9.17) is 4.74 Å². The molecule has 0 radical (unpaired) electrons. The summed E-state index contributed by atoms with van der Waals surface area (Å²) < 4.78 is 66.8. The quantitative estimate of drug-likeness (QED) is 0.209. The third-order valence-corrected chi connectivity index (χ3v) is 5.04. The summed E-state index contributed by atoms with van der Waals surface area (Å²) in [6.45, 7) is 0. The molecule has 0 bridgehead atoms. The van der Waals surface area contributed by atoms with Crippen LogP contribution >= 0.6 is 8.25 Å². The fourth-order valence-electron chi connectivity index (χ4n) is 2.26. The van der Waals surface area contributed by atoms with Gasteiger partial charge in [-0.3, -0.25) is 0 Å². The SMILES string of the molecule is O=[PH]([O-])OC(CCCc1cccc(Oc2ccccc2F)c1)S(=O)(=O)[O-].[K+].[K+]. The van der Waals surface area contributed by atoms with Gasteiger partial charge in [0, 0.05) is 0 Å². The number of hydrogen-bond acceptors (Lipinski definition) is 7. The molecule has 7 nitrogen and oxygen atoms in total. The fourth-order valence-corrected chi connectivity index (χ4v) is 3.76. The van der Waals surface area contributed by atoms with E-state index >= 15 is 0 Å². The van der Waals surface area contributed by atoms with E-state index < -0.39 is 29.6 Å². The van der Waals surface area contributed by atoms with Crippen LogP contribution in [0.2, 0.25) is 0 Å². The average molecular weight is 481 g/mol. The number of benzene rings is 2. The molecule has 12 heteroatoms. The zero-order chi connectivity index (χ0) is 19.2. The standard InChI is InChI=1S/C16H18FO7PS.2K/c17-14-8-1-2-9-15(14)23-13-7-3-5-12(11-13)6-4-10-16(24-25(18)19)26(20,21)22;;/h1-3,5,7-9,11,16,25H,4,6,10H2,(H,18,19)(H,20,21,22);;/q;2*+1/p-2. The van der Waals surface area contributed by atoms with Crippen molar-refractivity contribution in [3.05, 3.63) is 59.9 Å². The molecule has 2 unspecified atom stereocenters. The number of aryl methyl sites for hydroxylation is 1. The van der Waals surface area contributed by atoms with Gasteiger partial charge in [-0.15, -0.1) is 0 Å². The van der Waals surface area contributed by atoms with Gasteiger partial charge in [-0.1, -0.05) is 24.3 Å². The number of ether oxygens (including phenoxy) is 1. The molecule has 0 heterocycles. The van der Waals surface area contributed by atoms with E-state index in [-0.39, 0.29) is 121 Å². The van der Waals surface area contributed by atoms with E-state index in [1.807, 2.05) is 0 Å². The molecule has 0 N–H and O–H groups in total. The zero-order valence-electron chi connectivity index (χ0n) is 15.5. The minimum absolute atomic E-state index is 0. The van der Waals surface area contributed by atoms with Crippen molar-refractivity contribution >= 4 is 18.4 Å². The van der Waals surface area contributed by atoms with Gasteiger partial charge in [0.1, 0.15) is 24.1 Å². The summed E-state index contributed by atoms with van der Waals surface area (Å²) in [5, 5.41) is 0. The van der Waals surface area contributed by atoms with Crippen molar-refractivity contribution in [1.29, 1.82) is 0 Å². The maximum Gasteiger partial charge on any atom is 1.00 e. The van der Waals surface area contributed by atoms with Crippen molar-refractivity contribution in [2.45, 2.75) is 24.7 Å². The van der Waals surface area contributed by atoms with Gasteiger partial charge in [0.05, 0.1) is 0 Å². The predicted octanol–water partition coefficient (Wildman–Crippen LogP) is -3.41. The molecule has 0 aliphatic rings. The first kappa shape index (κ1) is 29.5. The molecular formula is C16H16FK2O7PS. The Bertz CT molecular complexity index is 883. The first-order chi connectivity index (χ1) is 12.3. The molecule has 0 spiro atoms. The van der Waals surface area contributed by atoms with Crippen LogP contribution in [-0.4, -0.2) is 18.4 Å². The van der Waals surface area contributed by atoms with E-state index in [0.717, 1.165) is 5.56 Å². The Balaban J connectivity index is 0.00000364. The topological polar surface area (TPSA) is 116 Å². The first-order valence-corrected chi connectivity index (χ1v) is 10.3. The number of para-hydroxylation sites is 1. The summed E-state index contributed by atoms with van der Waals surface area (Å²) >= 11 is 0. The molecule has 0 aliphatic carbocycles. The molecule has 0 aliphatic heterocycles. The molecule has 0 amide bonds. The zero-order valence-corrected chi connectivity index (χ0v) is 23.5. The smallest absolute Gasteiger partial charge is 0.781 e. The number of rotatable bonds is 9. The fraction of sp³-hybridized carbons (Fsp3) is 0.250. The van der Waals surface area contributed by atoms with E-state index in [2.05, 4.69) is 4.52 Å². The third kappa shape index (κ3) is 10.7. The summed E-state index contributed by atoms with van der Waals surface area (Å²) in [4.78, 5) is 10.5. The monoisotopic (exact) mass is 480 g/mol. The number of hydrogen-bond donors (Lipinski definition) is 0. The molecule has 2 aromatic carbocycles. The van der Waals surface area contributed by atoms with Crippen LogP contribution in [0.15, 0.2) is 48.5 Å². The molecule has 0 fully saturated rings. The van der Waals surface area contributed by atoms with E-state index in [9.17, 15) is 26.8 Å². The van der Waals surface area contributed by atoms with Gasteiger partial charge in [-0.2, -0.15) is 0 Å². The van der Waals surface area contributed by atoms with Crippen molar-refractivity contribution < 1.29 is 139 Å². The van der Waals surface area contributed by atoms with E-state index in [1.165, 1.54) is 18.2 Å². The minimum Gasteiger partial charge on any atom is -0.781 e. The minimum atomic E-state index is -4.88. The van der Waals surface area contributed by atoms with Crippen LogP contribution in [0.1, 0.15) is 18.4 Å². The Kier molecular flexibility index (Phi) is 15.3. The van der Waals surface area contributed by atoms with Crippen molar-refractivity contribution in [1.82, 2.24) is 0 Å². The molecule has 0 aromatic heterocycles. The van der Waals surface area contributed by atoms with Gasteiger partial charge in [0.2, 0.25) is 0 Å². The molecule has 0 saturated heterocycles. The summed E-state index contributed by atoms with van der Waals surface area (Å²) in [7, 11) is -8.67. The summed E-state index contributed by atoms with van der Waals surface area (Å²) in [6, 6.07) is 12.6. The van der Waals surface area contributed by atoms with Crippen LogP contribution in [-0.2, 0) is 25.6 Å². The van der Waals surface area contributed by atoms with Crippen LogP contribution in [0, 0.1) is 5.82 Å². The second-order valence-corrected chi connectivity index (χ2v) is 7.61. The molecule has 142 valence electrons. The first-order valence-electron chi connectivity index (χ1n) is 7.59. The van der Waals surface area contributed by atoms with Crippen molar-refractivity contribution in [3.8, 4) is 11.5 Å². The van der Waals surface area contributed by atoms with Crippen LogP contribution in [0.25, 0.3) is 0 Å². The van der Waals surface area contributed by atoms with Gasteiger partial charge in [0.15, 0.2) is 17.0 Å². The van der Waals surface area contributed by atoms with Crippen molar-refractivity contribution in [2.24, 2.45) is 0 Å². The maximum atomic E-state index is 13.6. The van der Waals surface area contributed by atoms with Gasteiger partial charge in [-0.25, -0.2) is 12.8 Å². The van der Waals surface area contributed by atoms with Gasteiger partial charge >= 0.3 is 103 Å². The molecule has 28 heavy (non-hydrogen) atoms. The van der Waals surface area contributed by atoms with Crippen LogP contribution in [0.4, 0.5) is 4.39 Å². The van der Waals surface area contributed by atoms with Crippen LogP contribution in [0.5, 0.6) is 11.5 Å². The summed E-state index contributed by atoms with van der Waals surface area (Å²) in [5.74, 6) is -0.0519. The van der Waals surface area contributed by atoms with Gasteiger partial charge in [0.25, 0.3) is 0 Å². The predicted molar refractivity (Wildman–Crippen MR) is 89.4 cm³/mol. The third-order valence-electron chi connectivity index (χ3n) is 3.42. The Labute approximate surface area is 248 Å². The Hall–Kier alpha value is 1.50. The van der Waals surface area contributed by atoms with Crippen LogP contribution in [0.3, 0.4) is 0 Å². The Morgan fingerprint density at radius 2 is 1.79 bits per heavy atom. The largest absolute Gasteiger partial charge is 1.00 e. The Morgan fingerprint density at radius 3 is 2.39 bits per heavy atom. The van der Waals surface area contributed by atoms with E-state index in [1.54, 1.807) is 30.3 Å². The van der Waals surface area contributed by atoms with Crippen molar-refractivity contribution in [2.75, 3.05) is 0 Å².